The van der Waals surface area contributed by atoms with Gasteiger partial charge in [-0.2, -0.15) is 0 Å². The summed E-state index contributed by atoms with van der Waals surface area (Å²) >= 11 is 0. The van der Waals surface area contributed by atoms with Crippen molar-refractivity contribution < 1.29 is 24.0 Å². The Morgan fingerprint density at radius 2 is 1.93 bits per heavy atom. The number of non-ortho nitro benzene ring substituents is 1. The van der Waals surface area contributed by atoms with Gasteiger partial charge in [0.1, 0.15) is 18.7 Å². The number of hydrogen-bond acceptors (Lipinski definition) is 6. The molecule has 9 heteroatoms. The third-order valence-electron chi connectivity index (χ3n) is 4.40. The average molecular weight is 377 g/mol. The molecule has 1 aliphatic rings. The summed E-state index contributed by atoms with van der Waals surface area (Å²) in [6, 6.07) is 4.95. The molecule has 0 radical (unpaired) electrons. The van der Waals surface area contributed by atoms with Gasteiger partial charge in [0.15, 0.2) is 0 Å². The van der Waals surface area contributed by atoms with Gasteiger partial charge in [-0.25, -0.2) is 4.79 Å². The molecule has 1 atom stereocenters. The molecule has 146 valence electrons. The fourth-order valence-electron chi connectivity index (χ4n) is 2.69. The summed E-state index contributed by atoms with van der Waals surface area (Å²) in [6.45, 7) is 5.12. The topological polar surface area (TPSA) is 119 Å². The number of hydrogen-bond donors (Lipinski definition) is 1. The predicted molar refractivity (Wildman–Crippen MR) is 95.6 cm³/mol. The SMILES string of the molecule is CC(C)CC[C@@]1(C)NC(=O)N(CC(=O)OCc2ccc([N+](=O)[O-])cc2)C1=O. The van der Waals surface area contributed by atoms with Crippen LogP contribution in [0.1, 0.15) is 39.2 Å². The number of nitrogens with one attached hydrogen (secondary N) is 1. The Morgan fingerprint density at radius 1 is 1.30 bits per heavy atom. The summed E-state index contributed by atoms with van der Waals surface area (Å²) in [5.74, 6) is -0.794. The minimum Gasteiger partial charge on any atom is -0.459 e. The smallest absolute Gasteiger partial charge is 0.326 e. The van der Waals surface area contributed by atoms with Crippen LogP contribution in [0.15, 0.2) is 24.3 Å². The highest BCUT2D eigenvalue weighted by molar-refractivity contribution is 6.08. The molecule has 3 amide bonds. The van der Waals surface area contributed by atoms with Gasteiger partial charge in [-0.15, -0.1) is 0 Å². The van der Waals surface area contributed by atoms with Gasteiger partial charge in [0.25, 0.3) is 11.6 Å². The van der Waals surface area contributed by atoms with Gasteiger partial charge in [-0.1, -0.05) is 13.8 Å². The Balaban J connectivity index is 1.90. The van der Waals surface area contributed by atoms with Crippen LogP contribution in [-0.4, -0.2) is 39.8 Å². The van der Waals surface area contributed by atoms with Gasteiger partial charge in [0.05, 0.1) is 4.92 Å². The van der Waals surface area contributed by atoms with Crippen molar-refractivity contribution in [2.45, 2.75) is 45.8 Å². The number of imide groups is 1. The second-order valence-electron chi connectivity index (χ2n) is 7.17. The molecule has 1 saturated heterocycles. The van der Waals surface area contributed by atoms with Gasteiger partial charge in [-0.05, 0) is 43.4 Å². The van der Waals surface area contributed by atoms with Gasteiger partial charge in [0, 0.05) is 12.1 Å². The lowest BCUT2D eigenvalue weighted by Crippen LogP contribution is -2.44. The first kappa shape index (κ1) is 20.3. The summed E-state index contributed by atoms with van der Waals surface area (Å²) in [4.78, 5) is 47.6. The maximum absolute atomic E-state index is 12.5. The molecule has 27 heavy (non-hydrogen) atoms. The Bertz CT molecular complexity index is 746. The lowest BCUT2D eigenvalue weighted by Gasteiger charge is -2.22. The van der Waals surface area contributed by atoms with Crippen LogP contribution in [-0.2, 0) is 20.9 Å². The van der Waals surface area contributed by atoms with Gasteiger partial charge >= 0.3 is 12.0 Å². The van der Waals surface area contributed by atoms with Gasteiger partial charge in [-0.3, -0.25) is 24.6 Å². The largest absolute Gasteiger partial charge is 0.459 e. The van der Waals surface area contributed by atoms with Crippen molar-refractivity contribution in [2.24, 2.45) is 5.92 Å². The molecule has 0 spiro atoms. The van der Waals surface area contributed by atoms with Crippen molar-refractivity contribution in [1.29, 1.82) is 0 Å². The number of nitro benzene ring substituents is 1. The number of urea groups is 1. The summed E-state index contributed by atoms with van der Waals surface area (Å²) in [6.07, 6.45) is 1.25. The molecule has 2 rings (SSSR count). The quantitative estimate of drug-likeness (QED) is 0.321. The number of nitro groups is 1. The van der Waals surface area contributed by atoms with E-state index in [9.17, 15) is 24.5 Å². The standard InChI is InChI=1S/C18H23N3O6/c1-12(2)8-9-18(3)16(23)20(17(24)19-18)10-15(22)27-11-13-4-6-14(7-5-13)21(25)26/h4-7,12H,8-11H2,1-3H3,(H,19,24)/t18-/m1/s1. The zero-order valence-electron chi connectivity index (χ0n) is 15.6. The molecule has 0 aliphatic carbocycles. The summed E-state index contributed by atoms with van der Waals surface area (Å²) in [7, 11) is 0. The molecule has 1 heterocycles. The predicted octanol–water partition coefficient (Wildman–Crippen LogP) is 2.38. The molecule has 0 bridgehead atoms. The van der Waals surface area contributed by atoms with E-state index in [4.69, 9.17) is 4.74 Å². The van der Waals surface area contributed by atoms with Crippen molar-refractivity contribution in [1.82, 2.24) is 10.2 Å². The number of benzene rings is 1. The highest BCUT2D eigenvalue weighted by atomic mass is 16.6. The van der Waals surface area contributed by atoms with Gasteiger partial charge < -0.3 is 10.1 Å². The van der Waals surface area contributed by atoms with Crippen LogP contribution in [0.3, 0.4) is 0 Å². The second-order valence-corrected chi connectivity index (χ2v) is 7.17. The number of nitrogens with zero attached hydrogens (tertiary/aromatic N) is 2. The van der Waals surface area contributed by atoms with Crippen molar-refractivity contribution in [3.8, 4) is 0 Å². The van der Waals surface area contributed by atoms with E-state index in [-0.39, 0.29) is 12.3 Å². The third-order valence-corrected chi connectivity index (χ3v) is 4.40. The number of carbonyl (C=O) groups is 3. The van der Waals surface area contributed by atoms with Crippen LogP contribution >= 0.6 is 0 Å². The summed E-state index contributed by atoms with van der Waals surface area (Å²) in [5, 5.41) is 13.3. The highest BCUT2D eigenvalue weighted by Gasteiger charge is 2.48. The third kappa shape index (κ3) is 5.02. The average Bonchev–Trinajstić information content (AvgIpc) is 2.82. The van der Waals surface area contributed by atoms with E-state index >= 15 is 0 Å². The first-order valence-corrected chi connectivity index (χ1v) is 8.65. The van der Waals surface area contributed by atoms with E-state index in [1.165, 1.54) is 24.3 Å². The molecular weight excluding hydrogens is 354 g/mol. The molecule has 0 saturated carbocycles. The van der Waals surface area contributed by atoms with Crippen LogP contribution in [0.5, 0.6) is 0 Å². The summed E-state index contributed by atoms with van der Waals surface area (Å²) < 4.78 is 5.07. The van der Waals surface area contributed by atoms with Crippen LogP contribution in [0.2, 0.25) is 0 Å². The number of amides is 3. The maximum atomic E-state index is 12.5. The summed E-state index contributed by atoms with van der Waals surface area (Å²) in [5.41, 5.74) is -0.516. The normalized spacial score (nSPS) is 19.3. The van der Waals surface area contributed by atoms with Crippen LogP contribution in [0, 0.1) is 16.0 Å². The van der Waals surface area contributed by atoms with Crippen molar-refractivity contribution in [2.75, 3.05) is 6.54 Å². The van der Waals surface area contributed by atoms with E-state index in [2.05, 4.69) is 5.32 Å². The number of carbonyl (C=O) groups excluding carboxylic acids is 3. The lowest BCUT2D eigenvalue weighted by atomic mass is 9.92. The molecular formula is C18H23N3O6. The highest BCUT2D eigenvalue weighted by Crippen LogP contribution is 2.24. The zero-order valence-corrected chi connectivity index (χ0v) is 15.6. The maximum Gasteiger partial charge on any atom is 0.326 e. The Kier molecular flexibility index (Phi) is 6.14. The molecule has 1 aliphatic heterocycles. The Hall–Kier alpha value is -2.97. The number of esters is 1. The monoisotopic (exact) mass is 377 g/mol. The first-order chi connectivity index (χ1) is 12.6. The minimum atomic E-state index is -1.01. The second kappa shape index (κ2) is 8.15. The van der Waals surface area contributed by atoms with E-state index < -0.39 is 34.9 Å². The minimum absolute atomic E-state index is 0.0647. The molecule has 9 nitrogen and oxygen atoms in total. The van der Waals surface area contributed by atoms with E-state index in [0.29, 0.717) is 17.9 Å². The van der Waals surface area contributed by atoms with E-state index in [1.54, 1.807) is 6.92 Å². The molecule has 1 aromatic carbocycles. The molecule has 0 unspecified atom stereocenters. The molecule has 1 aromatic rings. The van der Waals surface area contributed by atoms with E-state index in [1.807, 2.05) is 13.8 Å². The Morgan fingerprint density at radius 3 is 2.48 bits per heavy atom. The van der Waals surface area contributed by atoms with Crippen LogP contribution in [0.4, 0.5) is 10.5 Å². The number of rotatable bonds is 8. The van der Waals surface area contributed by atoms with Crippen molar-refractivity contribution in [3.63, 3.8) is 0 Å². The van der Waals surface area contributed by atoms with Gasteiger partial charge in [0.2, 0.25) is 0 Å². The van der Waals surface area contributed by atoms with Crippen LogP contribution in [0.25, 0.3) is 0 Å². The van der Waals surface area contributed by atoms with Crippen molar-refractivity contribution >= 4 is 23.6 Å². The molecule has 1 N–H and O–H groups in total. The number of ether oxygens (including phenoxy) is 1. The molecule has 0 aromatic heterocycles. The first-order valence-electron chi connectivity index (χ1n) is 8.65. The van der Waals surface area contributed by atoms with E-state index in [0.717, 1.165) is 11.3 Å². The fraction of sp³-hybridized carbons (Fsp3) is 0.500. The Labute approximate surface area is 156 Å². The van der Waals surface area contributed by atoms with Crippen LogP contribution < -0.4 is 5.32 Å². The zero-order chi connectivity index (χ0) is 20.2. The van der Waals surface area contributed by atoms with Crippen molar-refractivity contribution in [3.05, 3.63) is 39.9 Å². The lowest BCUT2D eigenvalue weighted by molar-refractivity contribution is -0.384. The molecule has 1 fully saturated rings. The fourth-order valence-corrected chi connectivity index (χ4v) is 2.69.